The summed E-state index contributed by atoms with van der Waals surface area (Å²) in [6.07, 6.45) is 4.03. The Bertz CT molecular complexity index is 547. The molecule has 2 saturated heterocycles. The average Bonchev–Trinajstić information content (AvgIpc) is 2.87. The van der Waals surface area contributed by atoms with Crippen molar-refractivity contribution in [2.24, 2.45) is 0 Å². The molecule has 1 N–H and O–H groups in total. The lowest BCUT2D eigenvalue weighted by Crippen LogP contribution is -2.42. The molecule has 2 aliphatic heterocycles. The van der Waals surface area contributed by atoms with Gasteiger partial charge in [-0.05, 0) is 31.2 Å². The van der Waals surface area contributed by atoms with E-state index in [-0.39, 0.29) is 18.7 Å². The van der Waals surface area contributed by atoms with Crippen molar-refractivity contribution in [1.29, 1.82) is 0 Å². The second-order valence-corrected chi connectivity index (χ2v) is 6.43. The van der Waals surface area contributed by atoms with Crippen LogP contribution in [0.4, 0.5) is 0 Å². The maximum Gasteiger partial charge on any atom is 0.317 e. The Morgan fingerprint density at radius 2 is 1.83 bits per heavy atom. The number of fused-ring (bicyclic) bond motifs is 2. The molecular weight excluding hydrogens is 294 g/mol. The van der Waals surface area contributed by atoms with Gasteiger partial charge in [-0.2, -0.15) is 0 Å². The molecule has 0 aliphatic carbocycles. The van der Waals surface area contributed by atoms with Crippen LogP contribution < -0.4 is 5.32 Å². The summed E-state index contributed by atoms with van der Waals surface area (Å²) in [6, 6.07) is 10.3. The van der Waals surface area contributed by atoms with Gasteiger partial charge in [-0.15, -0.1) is 0 Å². The first-order valence-electron chi connectivity index (χ1n) is 8.26. The molecule has 0 aromatic heterocycles. The lowest BCUT2D eigenvalue weighted by molar-refractivity contribution is -0.156. The van der Waals surface area contributed by atoms with Gasteiger partial charge in [0.05, 0.1) is 0 Å². The fourth-order valence-electron chi connectivity index (χ4n) is 3.53. The summed E-state index contributed by atoms with van der Waals surface area (Å²) >= 11 is 0. The summed E-state index contributed by atoms with van der Waals surface area (Å²) < 4.78 is 10.8. The molecular formula is C18H23NO4. The van der Waals surface area contributed by atoms with Crippen LogP contribution in [0.3, 0.4) is 0 Å². The normalized spacial score (nSPS) is 27.3. The fraction of sp³-hybridized carbons (Fsp3) is 0.556. The summed E-state index contributed by atoms with van der Waals surface area (Å²) in [6.45, 7) is 1.37. The summed E-state index contributed by atoms with van der Waals surface area (Å²) in [5.74, 6) is -1.25. The molecule has 1 aromatic rings. The Balaban J connectivity index is 1.66. The zero-order valence-electron chi connectivity index (χ0n) is 13.4. The van der Waals surface area contributed by atoms with Gasteiger partial charge < -0.3 is 14.8 Å². The summed E-state index contributed by atoms with van der Waals surface area (Å²) in [5, 5.41) is 3.53. The Morgan fingerprint density at radius 3 is 2.43 bits per heavy atom. The van der Waals surface area contributed by atoms with E-state index in [1.165, 1.54) is 6.92 Å². The van der Waals surface area contributed by atoms with E-state index in [0.717, 1.165) is 31.2 Å². The number of piperidine rings is 1. The van der Waals surface area contributed by atoms with E-state index in [4.69, 9.17) is 9.47 Å². The molecule has 5 nitrogen and oxygen atoms in total. The molecule has 3 atom stereocenters. The van der Waals surface area contributed by atoms with E-state index < -0.39 is 11.9 Å². The smallest absolute Gasteiger partial charge is 0.317 e. The van der Waals surface area contributed by atoms with Crippen molar-refractivity contribution in [2.75, 3.05) is 6.61 Å². The highest BCUT2D eigenvalue weighted by Gasteiger charge is 2.36. The van der Waals surface area contributed by atoms with Crippen molar-refractivity contribution in [3.8, 4) is 0 Å². The lowest BCUT2D eigenvalue weighted by Gasteiger charge is -2.30. The average molecular weight is 317 g/mol. The molecule has 2 fully saturated rings. The number of carbonyl (C=O) groups is 2. The molecule has 5 heteroatoms. The Morgan fingerprint density at radius 1 is 1.17 bits per heavy atom. The minimum Gasteiger partial charge on any atom is -0.465 e. The SMILES string of the molecule is CC(=O)OC[C@H](C(=O)OC1CC2CCC(C1)N2)c1ccccc1. The Hall–Kier alpha value is -1.88. The number of hydrogen-bond donors (Lipinski definition) is 1. The first-order chi connectivity index (χ1) is 11.1. The summed E-state index contributed by atoms with van der Waals surface area (Å²) in [7, 11) is 0. The van der Waals surface area contributed by atoms with Gasteiger partial charge >= 0.3 is 11.9 Å². The number of hydrogen-bond acceptors (Lipinski definition) is 5. The van der Waals surface area contributed by atoms with Gasteiger partial charge in [-0.25, -0.2) is 0 Å². The fourth-order valence-corrected chi connectivity index (χ4v) is 3.53. The molecule has 23 heavy (non-hydrogen) atoms. The van der Waals surface area contributed by atoms with Crippen LogP contribution in [-0.2, 0) is 19.1 Å². The van der Waals surface area contributed by atoms with Gasteiger partial charge in [0.25, 0.3) is 0 Å². The first kappa shape index (κ1) is 16.0. The number of benzene rings is 1. The van der Waals surface area contributed by atoms with Gasteiger partial charge in [0.1, 0.15) is 18.6 Å². The highest BCUT2D eigenvalue weighted by atomic mass is 16.6. The molecule has 2 heterocycles. The molecule has 0 amide bonds. The number of esters is 2. The maximum atomic E-state index is 12.6. The van der Waals surface area contributed by atoms with Crippen LogP contribution in [0.15, 0.2) is 30.3 Å². The number of rotatable bonds is 5. The second kappa shape index (κ2) is 7.13. The van der Waals surface area contributed by atoms with E-state index in [0.29, 0.717) is 12.1 Å². The van der Waals surface area contributed by atoms with Gasteiger partial charge in [-0.1, -0.05) is 30.3 Å². The first-order valence-corrected chi connectivity index (χ1v) is 8.26. The van der Waals surface area contributed by atoms with E-state index in [9.17, 15) is 9.59 Å². The summed E-state index contributed by atoms with van der Waals surface area (Å²) in [5.41, 5.74) is 0.815. The molecule has 0 spiro atoms. The molecule has 2 unspecified atom stereocenters. The third-order valence-electron chi connectivity index (χ3n) is 4.65. The van der Waals surface area contributed by atoms with Crippen LogP contribution in [0.2, 0.25) is 0 Å². The van der Waals surface area contributed by atoms with Gasteiger partial charge in [0.2, 0.25) is 0 Å². The van der Waals surface area contributed by atoms with Crippen molar-refractivity contribution in [3.05, 3.63) is 35.9 Å². The molecule has 0 saturated carbocycles. The minimum absolute atomic E-state index is 0.0238. The monoisotopic (exact) mass is 317 g/mol. The number of ether oxygens (including phenoxy) is 2. The number of carbonyl (C=O) groups excluding carboxylic acids is 2. The zero-order chi connectivity index (χ0) is 16.2. The lowest BCUT2D eigenvalue weighted by atomic mass is 9.99. The topological polar surface area (TPSA) is 64.6 Å². The molecule has 124 valence electrons. The van der Waals surface area contributed by atoms with E-state index >= 15 is 0 Å². The maximum absolute atomic E-state index is 12.6. The zero-order valence-corrected chi connectivity index (χ0v) is 13.4. The Labute approximate surface area is 136 Å². The van der Waals surface area contributed by atoms with Crippen LogP contribution in [0.1, 0.15) is 44.1 Å². The van der Waals surface area contributed by atoms with Crippen molar-refractivity contribution in [3.63, 3.8) is 0 Å². The quantitative estimate of drug-likeness (QED) is 0.843. The molecule has 3 rings (SSSR count). The minimum atomic E-state index is -0.562. The highest BCUT2D eigenvalue weighted by molar-refractivity contribution is 5.79. The molecule has 1 aromatic carbocycles. The van der Waals surface area contributed by atoms with E-state index in [1.54, 1.807) is 0 Å². The van der Waals surface area contributed by atoms with Crippen molar-refractivity contribution >= 4 is 11.9 Å². The molecule has 2 bridgehead atoms. The predicted octanol–water partition coefficient (Wildman–Crippen LogP) is 2.16. The van der Waals surface area contributed by atoms with Gasteiger partial charge in [0, 0.05) is 19.0 Å². The van der Waals surface area contributed by atoms with E-state index in [2.05, 4.69) is 5.32 Å². The van der Waals surface area contributed by atoms with Crippen LogP contribution in [0.25, 0.3) is 0 Å². The standard InChI is InChI=1S/C18H23NO4/c1-12(20)22-11-17(13-5-3-2-4-6-13)18(21)23-16-9-14-7-8-15(10-16)19-14/h2-6,14-17,19H,7-11H2,1H3/t14?,15?,16?,17-/m0/s1. The van der Waals surface area contributed by atoms with Crippen LogP contribution in [0.5, 0.6) is 0 Å². The molecule has 2 aliphatic rings. The largest absolute Gasteiger partial charge is 0.465 e. The third kappa shape index (κ3) is 4.10. The van der Waals surface area contributed by atoms with Gasteiger partial charge in [-0.3, -0.25) is 9.59 Å². The van der Waals surface area contributed by atoms with Crippen LogP contribution in [-0.4, -0.2) is 36.7 Å². The van der Waals surface area contributed by atoms with Crippen molar-refractivity contribution < 1.29 is 19.1 Å². The van der Waals surface area contributed by atoms with E-state index in [1.807, 2.05) is 30.3 Å². The predicted molar refractivity (Wildman–Crippen MR) is 84.9 cm³/mol. The second-order valence-electron chi connectivity index (χ2n) is 6.43. The third-order valence-corrected chi connectivity index (χ3v) is 4.65. The highest BCUT2D eigenvalue weighted by Crippen LogP contribution is 2.30. The Kier molecular flexibility index (Phi) is 4.96. The summed E-state index contributed by atoms with van der Waals surface area (Å²) in [4.78, 5) is 23.7. The van der Waals surface area contributed by atoms with Crippen molar-refractivity contribution in [2.45, 2.75) is 56.7 Å². The van der Waals surface area contributed by atoms with Gasteiger partial charge in [0.15, 0.2) is 0 Å². The van der Waals surface area contributed by atoms with Crippen molar-refractivity contribution in [1.82, 2.24) is 5.32 Å². The van der Waals surface area contributed by atoms with Crippen LogP contribution >= 0.6 is 0 Å². The molecule has 0 radical (unpaired) electrons. The number of nitrogens with one attached hydrogen (secondary N) is 1. The van der Waals surface area contributed by atoms with Crippen LogP contribution in [0, 0.1) is 0 Å².